The van der Waals surface area contributed by atoms with Gasteiger partial charge in [0.15, 0.2) is 0 Å². The lowest BCUT2D eigenvalue weighted by Gasteiger charge is -2.15. The number of rotatable bonds is 6. The standard InChI is InChI=1S/C14H19F2NO3/c1-8-6-11(13(19)17-10(3)4-5-18)7-9(2)12(8)20-14(15)16/h6-7,10,14,18H,4-5H2,1-3H3,(H,17,19). The highest BCUT2D eigenvalue weighted by Crippen LogP contribution is 2.26. The minimum atomic E-state index is -2.89. The van der Waals surface area contributed by atoms with E-state index < -0.39 is 6.61 Å². The Hall–Kier alpha value is -1.69. The molecular formula is C14H19F2NO3. The highest BCUT2D eigenvalue weighted by molar-refractivity contribution is 5.95. The fourth-order valence-electron chi connectivity index (χ4n) is 1.93. The van der Waals surface area contributed by atoms with E-state index in [2.05, 4.69) is 10.1 Å². The number of carbonyl (C=O) groups is 1. The topological polar surface area (TPSA) is 58.6 Å². The van der Waals surface area contributed by atoms with Crippen molar-refractivity contribution in [3.63, 3.8) is 0 Å². The van der Waals surface area contributed by atoms with Gasteiger partial charge in [-0.25, -0.2) is 0 Å². The highest BCUT2D eigenvalue weighted by Gasteiger charge is 2.15. The van der Waals surface area contributed by atoms with Crippen LogP contribution in [0.3, 0.4) is 0 Å². The van der Waals surface area contributed by atoms with Gasteiger partial charge in [-0.1, -0.05) is 0 Å². The average molecular weight is 287 g/mol. The Kier molecular flexibility index (Phi) is 5.88. The van der Waals surface area contributed by atoms with Crippen LogP contribution in [-0.4, -0.2) is 30.3 Å². The van der Waals surface area contributed by atoms with E-state index in [4.69, 9.17) is 5.11 Å². The van der Waals surface area contributed by atoms with Crippen LogP contribution >= 0.6 is 0 Å². The second-order valence-electron chi connectivity index (χ2n) is 4.70. The van der Waals surface area contributed by atoms with Crippen molar-refractivity contribution in [2.75, 3.05) is 6.61 Å². The molecule has 0 aliphatic heterocycles. The van der Waals surface area contributed by atoms with E-state index in [1.165, 1.54) is 12.1 Å². The first kappa shape index (κ1) is 16.4. The summed E-state index contributed by atoms with van der Waals surface area (Å²) in [6.07, 6.45) is 0.455. The first-order chi connectivity index (χ1) is 9.35. The van der Waals surface area contributed by atoms with Crippen LogP contribution in [0, 0.1) is 13.8 Å². The first-order valence-corrected chi connectivity index (χ1v) is 6.33. The number of hydrogen-bond acceptors (Lipinski definition) is 3. The van der Waals surface area contributed by atoms with E-state index in [1.807, 2.05) is 0 Å². The van der Waals surface area contributed by atoms with Crippen molar-refractivity contribution in [3.8, 4) is 5.75 Å². The van der Waals surface area contributed by atoms with Gasteiger partial charge in [0.2, 0.25) is 0 Å². The number of aryl methyl sites for hydroxylation is 2. The zero-order chi connectivity index (χ0) is 15.3. The normalized spacial score (nSPS) is 12.3. The molecule has 1 aromatic rings. The van der Waals surface area contributed by atoms with E-state index in [-0.39, 0.29) is 24.3 Å². The van der Waals surface area contributed by atoms with Crippen molar-refractivity contribution in [2.24, 2.45) is 0 Å². The molecule has 1 atom stereocenters. The van der Waals surface area contributed by atoms with Gasteiger partial charge >= 0.3 is 6.61 Å². The van der Waals surface area contributed by atoms with E-state index in [9.17, 15) is 13.6 Å². The largest absolute Gasteiger partial charge is 0.434 e. The van der Waals surface area contributed by atoms with Gasteiger partial charge in [-0.15, -0.1) is 0 Å². The van der Waals surface area contributed by atoms with Gasteiger partial charge in [0.25, 0.3) is 5.91 Å². The van der Waals surface area contributed by atoms with Crippen LogP contribution < -0.4 is 10.1 Å². The molecule has 112 valence electrons. The molecule has 0 radical (unpaired) electrons. The van der Waals surface area contributed by atoms with Gasteiger partial charge in [0.05, 0.1) is 0 Å². The Bertz CT molecular complexity index is 454. The maximum absolute atomic E-state index is 12.3. The van der Waals surface area contributed by atoms with Crippen LogP contribution in [-0.2, 0) is 0 Å². The lowest BCUT2D eigenvalue weighted by atomic mass is 10.0. The number of alkyl halides is 2. The second kappa shape index (κ2) is 7.19. The molecule has 0 heterocycles. The quantitative estimate of drug-likeness (QED) is 0.844. The van der Waals surface area contributed by atoms with E-state index in [0.29, 0.717) is 23.1 Å². The van der Waals surface area contributed by atoms with Gasteiger partial charge in [-0.2, -0.15) is 8.78 Å². The maximum atomic E-state index is 12.3. The fourth-order valence-corrected chi connectivity index (χ4v) is 1.93. The van der Waals surface area contributed by atoms with Gasteiger partial charge in [0.1, 0.15) is 5.75 Å². The first-order valence-electron chi connectivity index (χ1n) is 6.33. The Labute approximate surface area is 116 Å². The molecular weight excluding hydrogens is 268 g/mol. The van der Waals surface area contributed by atoms with Crippen LogP contribution in [0.1, 0.15) is 34.8 Å². The minimum Gasteiger partial charge on any atom is -0.434 e. The number of nitrogens with one attached hydrogen (secondary N) is 1. The molecule has 1 rings (SSSR count). The third-order valence-electron chi connectivity index (χ3n) is 2.87. The number of aliphatic hydroxyl groups excluding tert-OH is 1. The molecule has 0 bridgehead atoms. The summed E-state index contributed by atoms with van der Waals surface area (Å²) in [6.45, 7) is 2.09. The van der Waals surface area contributed by atoms with E-state index >= 15 is 0 Å². The smallest absolute Gasteiger partial charge is 0.387 e. The van der Waals surface area contributed by atoms with E-state index in [0.717, 1.165) is 0 Å². The summed E-state index contributed by atoms with van der Waals surface area (Å²) < 4.78 is 29.0. The molecule has 6 heteroatoms. The number of amides is 1. The summed E-state index contributed by atoms with van der Waals surface area (Å²) >= 11 is 0. The maximum Gasteiger partial charge on any atom is 0.387 e. The van der Waals surface area contributed by atoms with Crippen molar-refractivity contribution in [1.82, 2.24) is 5.32 Å². The van der Waals surface area contributed by atoms with Gasteiger partial charge < -0.3 is 15.2 Å². The zero-order valence-corrected chi connectivity index (χ0v) is 11.7. The third-order valence-corrected chi connectivity index (χ3v) is 2.87. The highest BCUT2D eigenvalue weighted by atomic mass is 19.3. The molecule has 2 N–H and O–H groups in total. The molecule has 4 nitrogen and oxygen atoms in total. The molecule has 0 spiro atoms. The van der Waals surface area contributed by atoms with Crippen molar-refractivity contribution in [2.45, 2.75) is 39.8 Å². The molecule has 1 unspecified atom stereocenters. The molecule has 1 amide bonds. The Balaban J connectivity index is 2.90. The number of ether oxygens (including phenoxy) is 1. The van der Waals surface area contributed by atoms with Crippen LogP contribution in [0.15, 0.2) is 12.1 Å². The van der Waals surface area contributed by atoms with E-state index in [1.54, 1.807) is 20.8 Å². The van der Waals surface area contributed by atoms with Crippen LogP contribution in [0.25, 0.3) is 0 Å². The predicted molar refractivity (Wildman–Crippen MR) is 71.2 cm³/mol. The van der Waals surface area contributed by atoms with Crippen molar-refractivity contribution >= 4 is 5.91 Å². The molecule has 0 aliphatic rings. The number of halogens is 2. The monoisotopic (exact) mass is 287 g/mol. The molecule has 1 aromatic carbocycles. The predicted octanol–water partition coefficient (Wildman–Crippen LogP) is 2.41. The molecule has 0 aromatic heterocycles. The molecule has 0 saturated heterocycles. The number of carbonyl (C=O) groups excluding carboxylic acids is 1. The number of aliphatic hydroxyl groups is 1. The van der Waals surface area contributed by atoms with Crippen LogP contribution in [0.5, 0.6) is 5.75 Å². The average Bonchev–Trinajstić information content (AvgIpc) is 2.33. The van der Waals surface area contributed by atoms with Gasteiger partial charge in [-0.05, 0) is 50.5 Å². The van der Waals surface area contributed by atoms with Gasteiger partial charge in [0, 0.05) is 18.2 Å². The number of hydrogen-bond donors (Lipinski definition) is 2. The molecule has 20 heavy (non-hydrogen) atoms. The SMILES string of the molecule is Cc1cc(C(=O)NC(C)CCO)cc(C)c1OC(F)F. The second-order valence-corrected chi connectivity index (χ2v) is 4.70. The third kappa shape index (κ3) is 4.45. The summed E-state index contributed by atoms with van der Waals surface area (Å²) in [5.41, 5.74) is 1.34. The van der Waals surface area contributed by atoms with Crippen LogP contribution in [0.2, 0.25) is 0 Å². The molecule has 0 aliphatic carbocycles. The van der Waals surface area contributed by atoms with Crippen molar-refractivity contribution in [3.05, 3.63) is 28.8 Å². The zero-order valence-electron chi connectivity index (χ0n) is 11.7. The Morgan fingerprint density at radius 2 is 1.90 bits per heavy atom. The fraction of sp³-hybridized carbons (Fsp3) is 0.500. The lowest BCUT2D eigenvalue weighted by molar-refractivity contribution is -0.0507. The minimum absolute atomic E-state index is 0.0132. The summed E-state index contributed by atoms with van der Waals surface area (Å²) in [5.74, 6) is -0.208. The Morgan fingerprint density at radius 1 is 1.35 bits per heavy atom. The molecule has 0 fully saturated rings. The molecule has 0 saturated carbocycles. The lowest BCUT2D eigenvalue weighted by Crippen LogP contribution is -2.33. The van der Waals surface area contributed by atoms with Crippen molar-refractivity contribution < 1.29 is 23.4 Å². The Morgan fingerprint density at radius 3 is 2.35 bits per heavy atom. The number of benzene rings is 1. The van der Waals surface area contributed by atoms with Crippen LogP contribution in [0.4, 0.5) is 8.78 Å². The summed E-state index contributed by atoms with van der Waals surface area (Å²) in [6, 6.07) is 2.85. The summed E-state index contributed by atoms with van der Waals surface area (Å²) in [5, 5.41) is 11.5. The van der Waals surface area contributed by atoms with Gasteiger partial charge in [-0.3, -0.25) is 4.79 Å². The summed E-state index contributed by atoms with van der Waals surface area (Å²) in [7, 11) is 0. The summed E-state index contributed by atoms with van der Waals surface area (Å²) in [4.78, 5) is 12.0. The van der Waals surface area contributed by atoms with Crippen molar-refractivity contribution in [1.29, 1.82) is 0 Å².